The minimum absolute atomic E-state index is 0.148. The summed E-state index contributed by atoms with van der Waals surface area (Å²) in [6.07, 6.45) is 3.94. The van der Waals surface area contributed by atoms with Crippen LogP contribution in [0, 0.1) is 0 Å². The number of morpholine rings is 1. The number of carbonyl (C=O) groups is 1. The third-order valence-corrected chi connectivity index (χ3v) is 8.54. The molecule has 6 aromatic rings. The van der Waals surface area contributed by atoms with Crippen molar-refractivity contribution in [2.24, 2.45) is 0 Å². The molecule has 0 spiro atoms. The first-order valence-corrected chi connectivity index (χ1v) is 15.5. The van der Waals surface area contributed by atoms with E-state index in [2.05, 4.69) is 32.7 Å². The Morgan fingerprint density at radius 1 is 0.977 bits per heavy atom. The lowest BCUT2D eigenvalue weighted by atomic mass is 10.1. The van der Waals surface area contributed by atoms with Gasteiger partial charge in [0, 0.05) is 47.8 Å². The fraction of sp³-hybridized carbons (Fsp3) is 0.152. The molecule has 3 aromatic carbocycles. The highest BCUT2D eigenvalue weighted by Crippen LogP contribution is 2.40. The molecular formula is C33H28ClN7O2S. The average Bonchev–Trinajstić information content (AvgIpc) is 3.65. The second-order valence-electron chi connectivity index (χ2n) is 10.3. The molecule has 0 atom stereocenters. The average molecular weight is 622 g/mol. The van der Waals surface area contributed by atoms with Gasteiger partial charge in [-0.15, -0.1) is 11.3 Å². The van der Waals surface area contributed by atoms with Crippen LogP contribution in [0.25, 0.3) is 27.6 Å². The summed E-state index contributed by atoms with van der Waals surface area (Å²) in [6, 6.07) is 25.3. The van der Waals surface area contributed by atoms with Gasteiger partial charge in [-0.25, -0.2) is 15.0 Å². The number of ether oxygens (including phenoxy) is 1. The highest BCUT2D eigenvalue weighted by Gasteiger charge is 2.22. The van der Waals surface area contributed by atoms with Gasteiger partial charge in [-0.1, -0.05) is 60.1 Å². The lowest BCUT2D eigenvalue weighted by molar-refractivity contribution is -0.115. The molecule has 1 aliphatic rings. The number of imidazole rings is 1. The van der Waals surface area contributed by atoms with E-state index in [9.17, 15) is 4.79 Å². The molecule has 220 valence electrons. The predicted molar refractivity (Wildman–Crippen MR) is 176 cm³/mol. The first-order chi connectivity index (χ1) is 21.6. The third-order valence-electron chi connectivity index (χ3n) is 7.37. The normalized spacial score (nSPS) is 13.2. The molecule has 0 aliphatic carbocycles. The zero-order chi connectivity index (χ0) is 29.9. The van der Waals surface area contributed by atoms with Crippen LogP contribution in [0.2, 0.25) is 5.02 Å². The van der Waals surface area contributed by atoms with Gasteiger partial charge in [-0.3, -0.25) is 9.20 Å². The molecule has 44 heavy (non-hydrogen) atoms. The van der Waals surface area contributed by atoms with Crippen LogP contribution in [-0.4, -0.2) is 51.6 Å². The quantitative estimate of drug-likeness (QED) is 0.190. The Kier molecular flexibility index (Phi) is 7.93. The number of carbonyl (C=O) groups excluding carboxylic acids is 1. The van der Waals surface area contributed by atoms with E-state index < -0.39 is 0 Å². The predicted octanol–water partition coefficient (Wildman–Crippen LogP) is 6.93. The molecule has 11 heteroatoms. The van der Waals surface area contributed by atoms with Crippen LogP contribution in [0.5, 0.6) is 0 Å². The van der Waals surface area contributed by atoms with E-state index in [1.165, 1.54) is 11.3 Å². The topological polar surface area (TPSA) is 96.7 Å². The number of aromatic nitrogens is 4. The van der Waals surface area contributed by atoms with E-state index in [4.69, 9.17) is 26.3 Å². The Morgan fingerprint density at radius 2 is 1.82 bits per heavy atom. The van der Waals surface area contributed by atoms with E-state index >= 15 is 0 Å². The molecule has 2 N–H and O–H groups in total. The zero-order valence-electron chi connectivity index (χ0n) is 23.6. The largest absolute Gasteiger partial charge is 0.378 e. The van der Waals surface area contributed by atoms with Crippen molar-refractivity contribution in [2.75, 3.05) is 41.8 Å². The fourth-order valence-electron chi connectivity index (χ4n) is 5.29. The number of halogens is 1. The molecule has 0 bridgehead atoms. The molecule has 1 aliphatic heterocycles. The molecule has 1 amide bonds. The van der Waals surface area contributed by atoms with E-state index in [1.807, 2.05) is 76.6 Å². The Hall–Kier alpha value is -4.77. The van der Waals surface area contributed by atoms with E-state index in [0.29, 0.717) is 33.6 Å². The van der Waals surface area contributed by atoms with Gasteiger partial charge in [0.25, 0.3) is 0 Å². The van der Waals surface area contributed by atoms with Gasteiger partial charge in [0.15, 0.2) is 4.96 Å². The van der Waals surface area contributed by atoms with Crippen LogP contribution in [0.3, 0.4) is 0 Å². The van der Waals surface area contributed by atoms with Gasteiger partial charge in [0.05, 0.1) is 36.0 Å². The number of nitrogens with zero attached hydrogens (tertiary/aromatic N) is 5. The number of hydrogen-bond acceptors (Lipinski definition) is 8. The maximum Gasteiger partial charge on any atom is 0.228 e. The van der Waals surface area contributed by atoms with Crippen molar-refractivity contribution in [3.8, 4) is 22.6 Å². The monoisotopic (exact) mass is 621 g/mol. The highest BCUT2D eigenvalue weighted by atomic mass is 35.5. The summed E-state index contributed by atoms with van der Waals surface area (Å²) in [4.78, 5) is 30.3. The molecule has 0 radical (unpaired) electrons. The summed E-state index contributed by atoms with van der Waals surface area (Å²) in [7, 11) is 0. The van der Waals surface area contributed by atoms with Crippen molar-refractivity contribution < 1.29 is 9.53 Å². The zero-order valence-corrected chi connectivity index (χ0v) is 25.2. The molecule has 4 heterocycles. The number of amides is 1. The molecule has 3 aromatic heterocycles. The van der Waals surface area contributed by atoms with Gasteiger partial charge < -0.3 is 20.3 Å². The van der Waals surface area contributed by atoms with Crippen LogP contribution < -0.4 is 15.5 Å². The van der Waals surface area contributed by atoms with Crippen molar-refractivity contribution in [3.05, 3.63) is 107 Å². The van der Waals surface area contributed by atoms with Crippen molar-refractivity contribution in [2.45, 2.75) is 6.42 Å². The second kappa shape index (κ2) is 12.5. The molecule has 7 rings (SSSR count). The minimum Gasteiger partial charge on any atom is -0.378 e. The van der Waals surface area contributed by atoms with Gasteiger partial charge in [0.2, 0.25) is 11.9 Å². The van der Waals surface area contributed by atoms with Crippen molar-refractivity contribution >= 4 is 56.8 Å². The summed E-state index contributed by atoms with van der Waals surface area (Å²) in [5, 5.41) is 8.73. The molecule has 9 nitrogen and oxygen atoms in total. The molecule has 1 saturated heterocycles. The van der Waals surface area contributed by atoms with Crippen LogP contribution in [0.1, 0.15) is 5.56 Å². The van der Waals surface area contributed by atoms with Crippen LogP contribution in [0.4, 0.5) is 23.0 Å². The van der Waals surface area contributed by atoms with Crippen LogP contribution >= 0.6 is 22.9 Å². The first-order valence-electron chi connectivity index (χ1n) is 14.2. The van der Waals surface area contributed by atoms with Gasteiger partial charge >= 0.3 is 0 Å². The summed E-state index contributed by atoms with van der Waals surface area (Å²) in [6.45, 7) is 3.16. The van der Waals surface area contributed by atoms with E-state index in [0.717, 1.165) is 53.9 Å². The van der Waals surface area contributed by atoms with Crippen LogP contribution in [0.15, 0.2) is 96.6 Å². The number of thiazole rings is 1. The number of nitrogens with one attached hydrogen (secondary N) is 2. The number of rotatable bonds is 8. The fourth-order valence-corrected chi connectivity index (χ4v) is 6.26. The summed E-state index contributed by atoms with van der Waals surface area (Å²) < 4.78 is 7.51. The van der Waals surface area contributed by atoms with Crippen LogP contribution in [-0.2, 0) is 16.0 Å². The summed E-state index contributed by atoms with van der Waals surface area (Å²) >= 11 is 8.47. The highest BCUT2D eigenvalue weighted by molar-refractivity contribution is 7.15. The summed E-state index contributed by atoms with van der Waals surface area (Å²) in [5.74, 6) is 0.316. The lowest BCUT2D eigenvalue weighted by Crippen LogP contribution is -2.36. The molecule has 1 fully saturated rings. The van der Waals surface area contributed by atoms with E-state index in [1.54, 1.807) is 12.3 Å². The summed E-state index contributed by atoms with van der Waals surface area (Å²) in [5.41, 5.74) is 6.29. The Balaban J connectivity index is 1.19. The Bertz CT molecular complexity index is 1940. The number of fused-ring (bicyclic) bond motifs is 1. The third kappa shape index (κ3) is 5.87. The first kappa shape index (κ1) is 28.0. The lowest BCUT2D eigenvalue weighted by Gasteiger charge is -2.29. The molecule has 0 saturated carbocycles. The maximum absolute atomic E-state index is 12.8. The van der Waals surface area contributed by atoms with Gasteiger partial charge in [0.1, 0.15) is 11.4 Å². The standard InChI is InChI=1S/C33H28ClN7O2S/c34-29-25(10-5-11-26(29)37-28(42)20-22-6-2-1-3-7-22)30-31(41-16-19-44-33(41)39-30)27-12-13-35-32(38-27)36-23-8-4-9-24(21-23)40-14-17-43-18-15-40/h1-13,16,19,21H,14-15,17-18,20H2,(H,37,42)(H,35,36,38). The number of benzene rings is 3. The van der Waals surface area contributed by atoms with Gasteiger partial charge in [-0.2, -0.15) is 0 Å². The SMILES string of the molecule is O=C(Cc1ccccc1)Nc1cccc(-c2nc3sccn3c2-c2ccnc(Nc3cccc(N4CCOCC4)c3)n2)c1Cl. The maximum atomic E-state index is 12.8. The van der Waals surface area contributed by atoms with Crippen molar-refractivity contribution in [3.63, 3.8) is 0 Å². The number of hydrogen-bond donors (Lipinski definition) is 2. The smallest absolute Gasteiger partial charge is 0.228 e. The molecule has 0 unspecified atom stereocenters. The van der Waals surface area contributed by atoms with Gasteiger partial charge in [-0.05, 0) is 35.9 Å². The van der Waals surface area contributed by atoms with E-state index in [-0.39, 0.29) is 12.3 Å². The second-order valence-corrected chi connectivity index (χ2v) is 11.5. The Labute approximate surface area is 263 Å². The number of anilines is 4. The minimum atomic E-state index is -0.148. The molecular weight excluding hydrogens is 594 g/mol. The van der Waals surface area contributed by atoms with Crippen molar-refractivity contribution in [1.82, 2.24) is 19.4 Å². The van der Waals surface area contributed by atoms with Crippen molar-refractivity contribution in [1.29, 1.82) is 0 Å². The Morgan fingerprint density at radius 3 is 2.68 bits per heavy atom.